The molecule has 0 spiro atoms. The van der Waals surface area contributed by atoms with Crippen LogP contribution in [0.2, 0.25) is 0 Å². The summed E-state index contributed by atoms with van der Waals surface area (Å²) in [4.78, 5) is 13.5. The van der Waals surface area contributed by atoms with Crippen LogP contribution in [0.25, 0.3) is 0 Å². The highest BCUT2D eigenvalue weighted by Gasteiger charge is 2.41. The Morgan fingerprint density at radius 3 is 2.76 bits per heavy atom. The lowest BCUT2D eigenvalue weighted by molar-refractivity contribution is -0.150. The Hall–Kier alpha value is -0.610. The van der Waals surface area contributed by atoms with Crippen molar-refractivity contribution in [1.29, 1.82) is 0 Å². The molecule has 4 nitrogen and oxygen atoms in total. The van der Waals surface area contributed by atoms with E-state index in [1.54, 1.807) is 7.11 Å². The lowest BCUT2D eigenvalue weighted by Crippen LogP contribution is -2.54. The smallest absolute Gasteiger partial charge is 0.321 e. The number of hydrogen-bond donors (Lipinski definition) is 1. The number of piperidine rings is 1. The number of ether oxygens (including phenoxy) is 1. The van der Waals surface area contributed by atoms with Gasteiger partial charge in [-0.3, -0.25) is 9.69 Å². The van der Waals surface area contributed by atoms with Gasteiger partial charge in [0.25, 0.3) is 0 Å². The van der Waals surface area contributed by atoms with Crippen molar-refractivity contribution in [2.45, 2.75) is 45.6 Å². The highest BCUT2D eigenvalue weighted by Crippen LogP contribution is 2.35. The van der Waals surface area contributed by atoms with Crippen LogP contribution in [0.5, 0.6) is 0 Å². The summed E-state index contributed by atoms with van der Waals surface area (Å²) in [6.07, 6.45) is 4.10. The van der Waals surface area contributed by atoms with E-state index < -0.39 is 5.97 Å². The van der Waals surface area contributed by atoms with Crippen LogP contribution in [0.1, 0.15) is 39.5 Å². The second-order valence-corrected chi connectivity index (χ2v) is 5.57. The number of hydrogen-bond acceptors (Lipinski definition) is 3. The second kappa shape index (κ2) is 6.36. The summed E-state index contributed by atoms with van der Waals surface area (Å²) in [5.74, 6) is -0.679. The molecule has 1 fully saturated rings. The van der Waals surface area contributed by atoms with E-state index in [2.05, 4.69) is 18.7 Å². The molecular formula is C13H25NO3. The quantitative estimate of drug-likeness (QED) is 0.725. The molecule has 0 aromatic carbocycles. The number of unbranched alkanes of at least 4 members (excludes halogenated alkanes) is 1. The Morgan fingerprint density at radius 2 is 2.18 bits per heavy atom. The molecule has 0 aromatic heterocycles. The molecule has 0 radical (unpaired) electrons. The number of nitrogens with zero attached hydrogens (tertiary/aromatic N) is 1. The van der Waals surface area contributed by atoms with Crippen LogP contribution in [-0.2, 0) is 9.53 Å². The summed E-state index contributed by atoms with van der Waals surface area (Å²) >= 11 is 0. The zero-order chi connectivity index (χ0) is 12.9. The number of carboxylic acids is 1. The van der Waals surface area contributed by atoms with Crippen LogP contribution in [-0.4, -0.2) is 48.8 Å². The summed E-state index contributed by atoms with van der Waals surface area (Å²) in [5.41, 5.74) is -0.120. The summed E-state index contributed by atoms with van der Waals surface area (Å²) in [6.45, 7) is 6.66. The maximum absolute atomic E-state index is 11.4. The van der Waals surface area contributed by atoms with Crippen molar-refractivity contribution in [3.05, 3.63) is 0 Å². The predicted octanol–water partition coefficient (Wildman–Crippen LogP) is 1.99. The maximum Gasteiger partial charge on any atom is 0.321 e. The number of rotatable bonds is 6. The molecular weight excluding hydrogens is 218 g/mol. The van der Waals surface area contributed by atoms with Crippen molar-refractivity contribution < 1.29 is 14.6 Å². The van der Waals surface area contributed by atoms with Crippen molar-refractivity contribution in [1.82, 2.24) is 4.90 Å². The minimum absolute atomic E-state index is 0.120. The van der Waals surface area contributed by atoms with Gasteiger partial charge in [0.2, 0.25) is 0 Å². The molecule has 100 valence electrons. The van der Waals surface area contributed by atoms with E-state index in [9.17, 15) is 9.90 Å². The van der Waals surface area contributed by atoms with Crippen molar-refractivity contribution in [2.75, 3.05) is 26.8 Å². The molecule has 1 aliphatic heterocycles. The number of carbonyl (C=O) groups is 1. The first kappa shape index (κ1) is 14.5. The minimum Gasteiger partial charge on any atom is -0.480 e. The van der Waals surface area contributed by atoms with Gasteiger partial charge in [-0.05, 0) is 44.2 Å². The van der Waals surface area contributed by atoms with Gasteiger partial charge >= 0.3 is 5.97 Å². The van der Waals surface area contributed by atoms with Gasteiger partial charge in [-0.1, -0.05) is 13.8 Å². The molecule has 1 atom stereocenters. The lowest BCUT2D eigenvalue weighted by Gasteiger charge is -2.44. The van der Waals surface area contributed by atoms with Gasteiger partial charge in [0.1, 0.15) is 6.04 Å². The molecule has 1 heterocycles. The molecule has 0 aliphatic carbocycles. The Bertz CT molecular complexity index is 253. The third-order valence-electron chi connectivity index (χ3n) is 3.65. The van der Waals surface area contributed by atoms with Gasteiger partial charge in [0, 0.05) is 13.7 Å². The first-order chi connectivity index (χ1) is 7.99. The highest BCUT2D eigenvalue weighted by atomic mass is 16.5. The van der Waals surface area contributed by atoms with Crippen molar-refractivity contribution >= 4 is 5.97 Å². The molecule has 1 rings (SSSR count). The first-order valence-corrected chi connectivity index (χ1v) is 6.45. The van der Waals surface area contributed by atoms with Crippen molar-refractivity contribution in [2.24, 2.45) is 5.41 Å². The van der Waals surface area contributed by atoms with Crippen LogP contribution in [0.3, 0.4) is 0 Å². The molecule has 0 bridgehead atoms. The summed E-state index contributed by atoms with van der Waals surface area (Å²) in [6, 6.07) is -0.334. The van der Waals surface area contributed by atoms with E-state index >= 15 is 0 Å². The van der Waals surface area contributed by atoms with Crippen molar-refractivity contribution in [3.8, 4) is 0 Å². The van der Waals surface area contributed by atoms with Crippen molar-refractivity contribution in [3.63, 3.8) is 0 Å². The zero-order valence-electron chi connectivity index (χ0n) is 11.2. The van der Waals surface area contributed by atoms with Crippen LogP contribution in [0, 0.1) is 5.41 Å². The first-order valence-electron chi connectivity index (χ1n) is 6.45. The molecule has 1 N–H and O–H groups in total. The average Bonchev–Trinajstić information content (AvgIpc) is 2.22. The Labute approximate surface area is 104 Å². The van der Waals surface area contributed by atoms with E-state index in [0.29, 0.717) is 0 Å². The molecule has 1 unspecified atom stereocenters. The average molecular weight is 243 g/mol. The van der Waals surface area contributed by atoms with E-state index in [4.69, 9.17) is 4.74 Å². The van der Waals surface area contributed by atoms with Crippen LogP contribution in [0.15, 0.2) is 0 Å². The minimum atomic E-state index is -0.679. The summed E-state index contributed by atoms with van der Waals surface area (Å²) in [7, 11) is 1.70. The van der Waals surface area contributed by atoms with Crippen LogP contribution >= 0.6 is 0 Å². The summed E-state index contributed by atoms with van der Waals surface area (Å²) in [5, 5.41) is 9.38. The molecule has 0 saturated carbocycles. The van der Waals surface area contributed by atoms with Gasteiger partial charge in [-0.15, -0.1) is 0 Å². The van der Waals surface area contributed by atoms with Crippen LogP contribution in [0.4, 0.5) is 0 Å². The van der Waals surface area contributed by atoms with E-state index in [0.717, 1.165) is 45.4 Å². The number of carboxylic acid groups (broad SMARTS) is 1. The number of likely N-dealkylation sites (tertiary alicyclic amines) is 1. The van der Waals surface area contributed by atoms with Gasteiger partial charge in [-0.2, -0.15) is 0 Å². The van der Waals surface area contributed by atoms with Gasteiger partial charge in [0.05, 0.1) is 0 Å². The lowest BCUT2D eigenvalue weighted by atomic mass is 9.76. The molecule has 1 aliphatic rings. The third kappa shape index (κ3) is 3.96. The molecule has 0 amide bonds. The number of aliphatic carboxylic acids is 1. The van der Waals surface area contributed by atoms with Crippen LogP contribution < -0.4 is 0 Å². The summed E-state index contributed by atoms with van der Waals surface area (Å²) < 4.78 is 5.01. The Balaban J connectivity index is 2.53. The number of methoxy groups -OCH3 is 1. The normalized spacial score (nSPS) is 24.8. The SMILES string of the molecule is COCCCCN1CCCC(C)(C)C1C(=O)O. The fourth-order valence-electron chi connectivity index (χ4n) is 2.79. The molecule has 4 heteroatoms. The monoisotopic (exact) mass is 243 g/mol. The predicted molar refractivity (Wildman–Crippen MR) is 67.1 cm³/mol. The van der Waals surface area contributed by atoms with E-state index in [1.165, 1.54) is 0 Å². The topological polar surface area (TPSA) is 49.8 Å². The van der Waals surface area contributed by atoms with E-state index in [-0.39, 0.29) is 11.5 Å². The van der Waals surface area contributed by atoms with E-state index in [1.807, 2.05) is 0 Å². The maximum atomic E-state index is 11.4. The standard InChI is InChI=1S/C13H25NO3/c1-13(2)7-6-9-14(11(13)12(15)16)8-4-5-10-17-3/h11H,4-10H2,1-3H3,(H,15,16). The highest BCUT2D eigenvalue weighted by molar-refractivity contribution is 5.74. The van der Waals surface area contributed by atoms with Gasteiger partial charge in [0.15, 0.2) is 0 Å². The second-order valence-electron chi connectivity index (χ2n) is 5.57. The third-order valence-corrected chi connectivity index (χ3v) is 3.65. The fraction of sp³-hybridized carbons (Fsp3) is 0.923. The molecule has 1 saturated heterocycles. The Kier molecular flexibility index (Phi) is 5.40. The van der Waals surface area contributed by atoms with Gasteiger partial charge < -0.3 is 9.84 Å². The Morgan fingerprint density at radius 1 is 1.47 bits per heavy atom. The van der Waals surface area contributed by atoms with Gasteiger partial charge in [-0.25, -0.2) is 0 Å². The fourth-order valence-corrected chi connectivity index (χ4v) is 2.79. The molecule has 17 heavy (non-hydrogen) atoms. The largest absolute Gasteiger partial charge is 0.480 e. The molecule has 0 aromatic rings. The zero-order valence-corrected chi connectivity index (χ0v) is 11.2.